The third kappa shape index (κ3) is 9.99. The normalized spacial score (nSPS) is 29.6. The van der Waals surface area contributed by atoms with E-state index in [-0.39, 0.29) is 30.1 Å². The molecule has 1 amide bonds. The van der Waals surface area contributed by atoms with Crippen LogP contribution in [-0.2, 0) is 14.3 Å². The smallest absolute Gasteiger partial charge is 0.404 e. The zero-order valence-corrected chi connectivity index (χ0v) is 22.0. The Hall–Kier alpha value is -2.90. The van der Waals surface area contributed by atoms with Crippen molar-refractivity contribution in [2.75, 3.05) is 0 Å². The van der Waals surface area contributed by atoms with Gasteiger partial charge in [-0.2, -0.15) is 0 Å². The van der Waals surface area contributed by atoms with Crippen LogP contribution < -0.4 is 5.32 Å². The fraction of sp³-hybridized carbons (Fsp3) is 0.517. The molecular weight excluding hydrogens is 458 g/mol. The maximum Gasteiger partial charge on any atom is 0.404 e. The number of carboxylic acid groups (broad SMARTS) is 1. The lowest BCUT2D eigenvalue weighted by atomic mass is 9.86. The number of esters is 1. The van der Waals surface area contributed by atoms with Gasteiger partial charge in [0.15, 0.2) is 0 Å². The van der Waals surface area contributed by atoms with Crippen LogP contribution >= 0.6 is 0 Å². The maximum atomic E-state index is 11.3. The van der Waals surface area contributed by atoms with E-state index in [2.05, 4.69) is 18.3 Å². The summed E-state index contributed by atoms with van der Waals surface area (Å²) >= 11 is 0. The van der Waals surface area contributed by atoms with Gasteiger partial charge >= 0.3 is 12.1 Å². The van der Waals surface area contributed by atoms with E-state index in [9.17, 15) is 19.8 Å². The highest BCUT2D eigenvalue weighted by atomic mass is 16.5. The van der Waals surface area contributed by atoms with Gasteiger partial charge in [-0.05, 0) is 45.6 Å². The summed E-state index contributed by atoms with van der Waals surface area (Å²) in [6.45, 7) is 10.1. The minimum Gasteiger partial charge on any atom is -0.465 e. The van der Waals surface area contributed by atoms with Gasteiger partial charge in [0.1, 0.15) is 6.10 Å². The minimum absolute atomic E-state index is 0.0331. The molecule has 7 nitrogen and oxygen atoms in total. The number of carbonyl (C=O) groups excluding carboxylic acids is 1. The highest BCUT2D eigenvalue weighted by Gasteiger charge is 2.37. The molecule has 1 fully saturated rings. The third-order valence-corrected chi connectivity index (χ3v) is 6.39. The van der Waals surface area contributed by atoms with Gasteiger partial charge in [-0.15, -0.1) is 0 Å². The number of carbonyl (C=O) groups is 2. The van der Waals surface area contributed by atoms with Gasteiger partial charge in [-0.25, -0.2) is 9.59 Å². The molecule has 0 aliphatic carbocycles. The molecule has 0 bridgehead atoms. The highest BCUT2D eigenvalue weighted by molar-refractivity contribution is 5.82. The van der Waals surface area contributed by atoms with Gasteiger partial charge in [0.2, 0.25) is 0 Å². The van der Waals surface area contributed by atoms with E-state index >= 15 is 0 Å². The molecule has 0 aromatic heterocycles. The zero-order valence-electron chi connectivity index (χ0n) is 22.0. The van der Waals surface area contributed by atoms with E-state index in [0.29, 0.717) is 18.8 Å². The maximum absolute atomic E-state index is 11.3. The van der Waals surface area contributed by atoms with Gasteiger partial charge in [0.25, 0.3) is 0 Å². The van der Waals surface area contributed by atoms with Crippen molar-refractivity contribution in [2.45, 2.75) is 84.3 Å². The number of rotatable bonds is 10. The van der Waals surface area contributed by atoms with E-state index in [0.717, 1.165) is 12.0 Å². The number of allylic oxidation sites excluding steroid dienone is 7. The van der Waals surface area contributed by atoms with Crippen LogP contribution in [0, 0.1) is 11.8 Å². The van der Waals surface area contributed by atoms with Gasteiger partial charge in [-0.1, -0.05) is 73.6 Å². The Labute approximate surface area is 214 Å². The second kappa shape index (κ2) is 14.6. The molecule has 0 radical (unpaired) electrons. The molecule has 0 saturated carbocycles. The highest BCUT2D eigenvalue weighted by Crippen LogP contribution is 2.28. The quantitative estimate of drug-likeness (QED) is 0.215. The fourth-order valence-electron chi connectivity index (χ4n) is 4.56. The van der Waals surface area contributed by atoms with E-state index in [1.807, 2.05) is 70.2 Å². The second-order valence-electron chi connectivity index (χ2n) is 9.77. The van der Waals surface area contributed by atoms with E-state index in [4.69, 9.17) is 9.47 Å². The number of amides is 1. The molecule has 1 saturated heterocycles. The van der Waals surface area contributed by atoms with Crippen molar-refractivity contribution in [3.63, 3.8) is 0 Å². The van der Waals surface area contributed by atoms with Gasteiger partial charge < -0.3 is 25.0 Å². The zero-order chi connectivity index (χ0) is 26.7. The van der Waals surface area contributed by atoms with Crippen LogP contribution in [0.1, 0.15) is 53.9 Å². The van der Waals surface area contributed by atoms with Crippen LogP contribution in [0.3, 0.4) is 0 Å². The first-order valence-corrected chi connectivity index (χ1v) is 12.6. The van der Waals surface area contributed by atoms with Crippen LogP contribution in [0.25, 0.3) is 0 Å². The molecule has 0 aromatic rings. The van der Waals surface area contributed by atoms with Crippen molar-refractivity contribution >= 4 is 12.1 Å². The summed E-state index contributed by atoms with van der Waals surface area (Å²) in [5.74, 6) is -0.0244. The van der Waals surface area contributed by atoms with Crippen LogP contribution in [-0.4, -0.2) is 52.7 Å². The Bertz CT molecular complexity index is 928. The largest absolute Gasteiger partial charge is 0.465 e. The van der Waals surface area contributed by atoms with Gasteiger partial charge in [-0.3, -0.25) is 0 Å². The molecule has 3 N–H and O–H groups in total. The topological polar surface area (TPSA) is 105 Å². The van der Waals surface area contributed by atoms with E-state index in [1.54, 1.807) is 6.08 Å². The molecule has 7 heteroatoms. The van der Waals surface area contributed by atoms with Crippen molar-refractivity contribution in [3.05, 3.63) is 71.9 Å². The second-order valence-corrected chi connectivity index (χ2v) is 9.77. The summed E-state index contributed by atoms with van der Waals surface area (Å²) in [4.78, 5) is 22.5. The van der Waals surface area contributed by atoms with Crippen molar-refractivity contribution < 1.29 is 29.3 Å². The molecule has 7 atom stereocenters. The van der Waals surface area contributed by atoms with Crippen LogP contribution in [0.15, 0.2) is 71.9 Å². The Morgan fingerprint density at radius 2 is 2.06 bits per heavy atom. The average Bonchev–Trinajstić information content (AvgIpc) is 2.79. The molecule has 2 rings (SSSR count). The first-order chi connectivity index (χ1) is 17.1. The molecular formula is C29H41NO6. The monoisotopic (exact) mass is 499 g/mol. The molecule has 0 spiro atoms. The molecule has 2 aliphatic rings. The Morgan fingerprint density at radius 1 is 1.31 bits per heavy atom. The lowest BCUT2D eigenvalue weighted by Crippen LogP contribution is -2.52. The number of hydrogen-bond acceptors (Lipinski definition) is 5. The summed E-state index contributed by atoms with van der Waals surface area (Å²) < 4.78 is 11.3. The summed E-state index contributed by atoms with van der Waals surface area (Å²) in [7, 11) is 0. The Kier molecular flexibility index (Phi) is 11.9. The van der Waals surface area contributed by atoms with Crippen molar-refractivity contribution in [3.8, 4) is 0 Å². The number of ether oxygens (including phenoxy) is 2. The van der Waals surface area contributed by atoms with Crippen LogP contribution in [0.4, 0.5) is 4.79 Å². The fourth-order valence-corrected chi connectivity index (χ4v) is 4.56. The lowest BCUT2D eigenvalue weighted by Gasteiger charge is -2.40. The number of hydrogen-bond donors (Lipinski definition) is 3. The van der Waals surface area contributed by atoms with Crippen LogP contribution in [0.5, 0.6) is 0 Å². The third-order valence-electron chi connectivity index (χ3n) is 6.39. The van der Waals surface area contributed by atoms with Gasteiger partial charge in [0, 0.05) is 24.5 Å². The number of nitrogens with one attached hydrogen (secondary N) is 1. The average molecular weight is 500 g/mol. The number of cyclic esters (lactones) is 1. The first-order valence-electron chi connectivity index (χ1n) is 12.6. The van der Waals surface area contributed by atoms with Crippen molar-refractivity contribution in [2.24, 2.45) is 11.8 Å². The molecule has 0 aromatic carbocycles. The first kappa shape index (κ1) is 29.3. The number of aliphatic hydroxyl groups excluding tert-OH is 1. The van der Waals surface area contributed by atoms with Crippen LogP contribution in [0.2, 0.25) is 0 Å². The molecule has 2 unspecified atom stereocenters. The van der Waals surface area contributed by atoms with E-state index in [1.165, 1.54) is 11.6 Å². The molecule has 2 heterocycles. The Balaban J connectivity index is 1.91. The predicted molar refractivity (Wildman–Crippen MR) is 141 cm³/mol. The summed E-state index contributed by atoms with van der Waals surface area (Å²) in [5.41, 5.74) is 2.27. The summed E-state index contributed by atoms with van der Waals surface area (Å²) in [5, 5.41) is 22.4. The molecule has 198 valence electrons. The predicted octanol–water partition coefficient (Wildman–Crippen LogP) is 5.26. The SMILES string of the molecule is C/C=C/[C@@H]1O[C@H]([C@@H](O)/C=C/C=C(\C)C[C@@H](C)/C=C(C)\C=C\C2CC=CC(=O)O2)CC(NC(=O)O)[C@@H]1C. The van der Waals surface area contributed by atoms with Gasteiger partial charge in [0.05, 0.1) is 18.3 Å². The van der Waals surface area contributed by atoms with Crippen molar-refractivity contribution in [1.29, 1.82) is 0 Å². The lowest BCUT2D eigenvalue weighted by molar-refractivity contribution is -0.141. The molecule has 36 heavy (non-hydrogen) atoms. The standard InChI is InChI=1S/C29H41NO6/c1-6-9-26-22(5)24(30-29(33)34)18-27(36-26)25(31)12-7-10-19(2)16-21(4)17-20(3)14-15-23-11-8-13-28(32)35-23/h6-10,12-15,17,21-27,30-31H,11,16,18H2,1-5H3,(H,33,34)/b9-6+,12-7+,15-14+,19-10+,20-17-/t21-,22+,23?,24?,25+,26+,27+/m1/s1. The minimum atomic E-state index is -1.07. The van der Waals surface area contributed by atoms with Crippen molar-refractivity contribution in [1.82, 2.24) is 5.32 Å². The molecule has 2 aliphatic heterocycles. The van der Waals surface area contributed by atoms with E-state index < -0.39 is 18.3 Å². The number of aliphatic hydroxyl groups is 1. The summed E-state index contributed by atoms with van der Waals surface area (Å²) in [6.07, 6.45) is 17.7. The summed E-state index contributed by atoms with van der Waals surface area (Å²) in [6, 6.07) is -0.297. The Morgan fingerprint density at radius 3 is 2.72 bits per heavy atom.